The van der Waals surface area contributed by atoms with Crippen LogP contribution < -0.4 is 4.74 Å². The molecule has 0 bridgehead atoms. The molecule has 2 atom stereocenters. The van der Waals surface area contributed by atoms with Gasteiger partial charge in [-0.25, -0.2) is 8.78 Å². The first kappa shape index (κ1) is 44.0. The molecule has 0 amide bonds. The predicted molar refractivity (Wildman–Crippen MR) is 136 cm³/mol. The van der Waals surface area contributed by atoms with E-state index < -0.39 is 17.6 Å². The molecule has 2 unspecified atom stereocenters. The second-order valence-corrected chi connectivity index (χ2v) is 7.64. The van der Waals surface area contributed by atoms with Crippen LogP contribution in [0.25, 0.3) is 11.1 Å². The number of carbonyl (C=O) groups excluding carboxylic acids is 3. The molecule has 2 rings (SSSR count). The Hall–Kier alpha value is -1.09. The van der Waals surface area contributed by atoms with Gasteiger partial charge < -0.3 is 27.2 Å². The SMILES string of the molecule is CC(=O)Oc1ccc(-c2ccc(F)cc2F)cc1[C-]=O.CC/C=C\C[C-]=O.C[CH-]C(C)C(C)[CH-]C.[W+2].[W+2].[W]. The van der Waals surface area contributed by atoms with Gasteiger partial charge in [-0.15, -0.1) is 24.1 Å². The maximum absolute atomic E-state index is 13.7. The van der Waals surface area contributed by atoms with Crippen molar-refractivity contribution in [3.05, 3.63) is 78.6 Å². The second-order valence-electron chi connectivity index (χ2n) is 7.64. The molecule has 38 heavy (non-hydrogen) atoms. The first-order chi connectivity index (χ1) is 16.6. The molecule has 0 fully saturated rings. The zero-order valence-corrected chi connectivity index (χ0v) is 31.3. The van der Waals surface area contributed by atoms with Crippen LogP contribution >= 0.6 is 0 Å². The molecule has 206 valence electrons. The molecule has 0 radical (unpaired) electrons. The van der Waals surface area contributed by atoms with E-state index in [9.17, 15) is 23.2 Å². The third-order valence-electron chi connectivity index (χ3n) is 5.07. The summed E-state index contributed by atoms with van der Waals surface area (Å²) in [5, 5.41) is 0. The van der Waals surface area contributed by atoms with E-state index in [-0.39, 0.29) is 80.1 Å². The van der Waals surface area contributed by atoms with Gasteiger partial charge in [-0.3, -0.25) is 11.1 Å². The van der Waals surface area contributed by atoms with Crippen LogP contribution in [-0.2, 0) is 77.6 Å². The summed E-state index contributed by atoms with van der Waals surface area (Å²) in [5.41, 5.74) is 0.482. The molecule has 0 aliphatic carbocycles. The fourth-order valence-corrected chi connectivity index (χ4v) is 2.65. The van der Waals surface area contributed by atoms with Crippen LogP contribution in [0.5, 0.6) is 5.75 Å². The monoisotopic (exact) mass is 1040 g/mol. The number of esters is 1. The Kier molecular flexibility index (Phi) is 30.2. The average molecular weight is 1040 g/mol. The number of allylic oxidation sites excluding steroid dienone is 2. The van der Waals surface area contributed by atoms with E-state index in [1.807, 2.05) is 19.1 Å². The Morgan fingerprint density at radius 1 is 1.00 bits per heavy atom. The number of halogens is 2. The third-order valence-corrected chi connectivity index (χ3v) is 5.07. The fraction of sp³-hybridized carbons (Fsp3) is 0.345. The summed E-state index contributed by atoms with van der Waals surface area (Å²) in [6.07, 6.45) is 13.1. The number of carbonyl (C=O) groups is 1. The Morgan fingerprint density at radius 3 is 2.00 bits per heavy atom. The van der Waals surface area contributed by atoms with Gasteiger partial charge in [0, 0.05) is 45.4 Å². The number of hydrogen-bond acceptors (Lipinski definition) is 4. The molecule has 0 N–H and O–H groups in total. The van der Waals surface area contributed by atoms with E-state index in [4.69, 9.17) is 4.74 Å². The van der Waals surface area contributed by atoms with Gasteiger partial charge in [0.2, 0.25) is 0 Å². The molecule has 0 aromatic heterocycles. The number of ether oxygens (including phenoxy) is 1. The smallest absolute Gasteiger partial charge is 0.541 e. The van der Waals surface area contributed by atoms with Gasteiger partial charge in [0.25, 0.3) is 5.97 Å². The molecule has 0 spiro atoms. The minimum absolute atomic E-state index is 0. The second kappa shape index (κ2) is 26.2. The summed E-state index contributed by atoms with van der Waals surface area (Å²) < 4.78 is 31.3. The van der Waals surface area contributed by atoms with Crippen LogP contribution in [0.2, 0.25) is 0 Å². The molecular weight excluding hydrogens is 1000 g/mol. The van der Waals surface area contributed by atoms with Crippen LogP contribution in [-0.4, -0.2) is 18.5 Å². The van der Waals surface area contributed by atoms with Crippen molar-refractivity contribution < 1.29 is 91.1 Å². The van der Waals surface area contributed by atoms with E-state index >= 15 is 0 Å². The van der Waals surface area contributed by atoms with Crippen LogP contribution in [0.3, 0.4) is 0 Å². The Bertz CT molecular complexity index is 961. The topological polar surface area (TPSA) is 60.4 Å². The Labute approximate surface area is 269 Å². The molecule has 2 aromatic carbocycles. The molecule has 0 aliphatic heterocycles. The van der Waals surface area contributed by atoms with E-state index in [1.54, 1.807) is 12.6 Å². The van der Waals surface area contributed by atoms with Gasteiger partial charge in [-0.2, -0.15) is 25.7 Å². The van der Waals surface area contributed by atoms with Gasteiger partial charge in [-0.1, -0.05) is 44.5 Å². The molecule has 0 aliphatic rings. The number of benzene rings is 2. The van der Waals surface area contributed by atoms with Crippen LogP contribution in [0.1, 0.15) is 59.9 Å². The molecule has 4 nitrogen and oxygen atoms in total. The first-order valence-electron chi connectivity index (χ1n) is 11.4. The summed E-state index contributed by atoms with van der Waals surface area (Å²) in [6, 6.07) is 7.28. The summed E-state index contributed by atoms with van der Waals surface area (Å²) in [7, 11) is 0. The van der Waals surface area contributed by atoms with Crippen molar-refractivity contribution in [2.45, 2.75) is 54.4 Å². The van der Waals surface area contributed by atoms with Crippen molar-refractivity contribution in [1.82, 2.24) is 0 Å². The zero-order chi connectivity index (χ0) is 26.8. The summed E-state index contributed by atoms with van der Waals surface area (Å²) in [5.74, 6) is -0.506. The fourth-order valence-electron chi connectivity index (χ4n) is 2.65. The van der Waals surface area contributed by atoms with Crippen molar-refractivity contribution >= 4 is 18.5 Å². The summed E-state index contributed by atoms with van der Waals surface area (Å²) in [6.45, 7) is 11.9. The minimum Gasteiger partial charge on any atom is -0.541 e. The first-order valence-corrected chi connectivity index (χ1v) is 11.4. The quantitative estimate of drug-likeness (QED) is 0.116. The van der Waals surface area contributed by atoms with Gasteiger partial charge in [0.15, 0.2) is 0 Å². The molecule has 0 saturated heterocycles. The van der Waals surface area contributed by atoms with Gasteiger partial charge in [-0.05, 0) is 18.6 Å². The normalized spacial score (nSPS) is 10.9. The van der Waals surface area contributed by atoms with Crippen molar-refractivity contribution in [1.29, 1.82) is 0 Å². The summed E-state index contributed by atoms with van der Waals surface area (Å²) in [4.78, 5) is 31.2. The van der Waals surface area contributed by atoms with Crippen LogP contribution in [0.15, 0.2) is 48.6 Å². The van der Waals surface area contributed by atoms with Crippen molar-refractivity contribution in [3.8, 4) is 16.9 Å². The molecule has 0 saturated carbocycles. The number of rotatable bonds is 9. The zero-order valence-electron chi connectivity index (χ0n) is 22.5. The van der Waals surface area contributed by atoms with Gasteiger partial charge in [0.1, 0.15) is 11.6 Å². The van der Waals surface area contributed by atoms with E-state index in [0.29, 0.717) is 12.0 Å². The maximum atomic E-state index is 13.7. The van der Waals surface area contributed by atoms with E-state index in [2.05, 4.69) is 40.5 Å². The standard InChI is InChI=1S/C15H9F2O3.C8H16.C6H9O.3W/c1-9(19)20-15-5-2-10(6-11(15)8-18)13-4-3-12(16)7-14(13)17;1-5-7(3)8(4)6-2;1-2-3-4-5-6-7;;;/h2-7H,1H3;5-8H,1-4H3;3-4H,2,5H2,1H3;;;/q-1;-2;-1;;2*+2/b;;4-3-;;;. The van der Waals surface area contributed by atoms with Crippen molar-refractivity contribution in [3.63, 3.8) is 0 Å². The predicted octanol–water partition coefficient (Wildman–Crippen LogP) is 7.17. The van der Waals surface area contributed by atoms with E-state index in [0.717, 1.165) is 30.4 Å². The van der Waals surface area contributed by atoms with Crippen LogP contribution in [0.4, 0.5) is 8.78 Å². The largest absolute Gasteiger partial charge is 2.00 e. The van der Waals surface area contributed by atoms with Gasteiger partial charge >= 0.3 is 42.1 Å². The van der Waals surface area contributed by atoms with Crippen molar-refractivity contribution in [2.75, 3.05) is 0 Å². The Morgan fingerprint density at radius 2 is 1.58 bits per heavy atom. The van der Waals surface area contributed by atoms with Crippen molar-refractivity contribution in [2.24, 2.45) is 11.8 Å². The third kappa shape index (κ3) is 18.2. The van der Waals surface area contributed by atoms with Crippen LogP contribution in [0, 0.1) is 36.3 Å². The summed E-state index contributed by atoms with van der Waals surface area (Å²) >= 11 is 0. The molecule has 9 heteroatoms. The Balaban J connectivity index is -0.000000271. The average Bonchev–Trinajstić information content (AvgIpc) is 2.84. The minimum atomic E-state index is -0.748. The number of hydrogen-bond donors (Lipinski definition) is 0. The van der Waals surface area contributed by atoms with Gasteiger partial charge in [0.05, 0.1) is 6.29 Å². The van der Waals surface area contributed by atoms with E-state index in [1.165, 1.54) is 31.2 Å². The molecular formula is C29H34F2O4W3. The molecule has 0 heterocycles. The maximum Gasteiger partial charge on any atom is 2.00 e. The molecule has 2 aromatic rings.